The summed E-state index contributed by atoms with van der Waals surface area (Å²) in [5, 5.41) is 14.6. The fraction of sp³-hybridized carbons (Fsp3) is 0.500. The van der Waals surface area contributed by atoms with Crippen LogP contribution in [0.15, 0.2) is 24.3 Å². The van der Waals surface area contributed by atoms with Gasteiger partial charge in [-0.15, -0.1) is 0 Å². The van der Waals surface area contributed by atoms with Crippen LogP contribution in [0.4, 0.5) is 5.69 Å². The molecular weight excluding hydrogens is 282 g/mol. The van der Waals surface area contributed by atoms with E-state index in [1.54, 1.807) is 24.3 Å². The topological polar surface area (TPSA) is 81.7 Å². The first kappa shape index (κ1) is 16.5. The maximum Gasteiger partial charge on any atom is 0.251 e. The molecule has 1 aromatic carbocycles. The molecule has 1 aliphatic carbocycles. The Morgan fingerprint density at radius 1 is 1.36 bits per heavy atom. The second-order valence-corrected chi connectivity index (χ2v) is 5.47. The number of aliphatic hydroxyl groups excluding tert-OH is 1. The van der Waals surface area contributed by atoms with Crippen molar-refractivity contribution in [1.29, 1.82) is 0 Å². The maximum absolute atomic E-state index is 12.0. The molecule has 0 saturated heterocycles. The van der Waals surface area contributed by atoms with Crippen LogP contribution in [0.3, 0.4) is 0 Å². The number of hydrogen-bond acceptors (Lipinski definition) is 4. The molecular formula is C16H23N3O3. The molecule has 0 spiro atoms. The molecule has 22 heavy (non-hydrogen) atoms. The SMILES string of the molecule is CCN(CCO)CC(=O)Nc1cccc(C(=O)NC2CC2)c1. The van der Waals surface area contributed by atoms with Gasteiger partial charge in [0.2, 0.25) is 5.91 Å². The van der Waals surface area contributed by atoms with Gasteiger partial charge in [-0.2, -0.15) is 0 Å². The molecule has 0 bridgehead atoms. The van der Waals surface area contributed by atoms with Gasteiger partial charge < -0.3 is 15.7 Å². The van der Waals surface area contributed by atoms with E-state index in [-0.39, 0.29) is 25.0 Å². The Morgan fingerprint density at radius 3 is 2.77 bits per heavy atom. The van der Waals surface area contributed by atoms with Gasteiger partial charge in [-0.25, -0.2) is 0 Å². The average Bonchev–Trinajstić information content (AvgIpc) is 3.31. The molecule has 3 N–H and O–H groups in total. The largest absolute Gasteiger partial charge is 0.395 e. The Balaban J connectivity index is 1.91. The second kappa shape index (κ2) is 7.91. The molecule has 120 valence electrons. The van der Waals surface area contributed by atoms with E-state index >= 15 is 0 Å². The third-order valence-electron chi connectivity index (χ3n) is 3.55. The lowest BCUT2D eigenvalue weighted by molar-refractivity contribution is -0.117. The average molecular weight is 305 g/mol. The van der Waals surface area contributed by atoms with Crippen molar-refractivity contribution in [2.75, 3.05) is 31.6 Å². The lowest BCUT2D eigenvalue weighted by Gasteiger charge is -2.18. The molecule has 1 saturated carbocycles. The smallest absolute Gasteiger partial charge is 0.251 e. The van der Waals surface area contributed by atoms with Crippen LogP contribution in [0.5, 0.6) is 0 Å². The van der Waals surface area contributed by atoms with Crippen LogP contribution in [0.1, 0.15) is 30.1 Å². The number of nitrogens with zero attached hydrogens (tertiary/aromatic N) is 1. The first-order valence-corrected chi connectivity index (χ1v) is 7.66. The predicted molar refractivity (Wildman–Crippen MR) is 84.8 cm³/mol. The van der Waals surface area contributed by atoms with Gasteiger partial charge in [-0.1, -0.05) is 13.0 Å². The van der Waals surface area contributed by atoms with Gasteiger partial charge in [0.15, 0.2) is 0 Å². The molecule has 2 rings (SSSR count). The summed E-state index contributed by atoms with van der Waals surface area (Å²) in [5.41, 5.74) is 1.15. The van der Waals surface area contributed by atoms with E-state index in [9.17, 15) is 9.59 Å². The van der Waals surface area contributed by atoms with Crippen molar-refractivity contribution in [2.24, 2.45) is 0 Å². The standard InChI is InChI=1S/C16H23N3O3/c1-2-19(8-9-20)11-15(21)17-14-5-3-4-12(10-14)16(22)18-13-6-7-13/h3-5,10,13,20H,2,6-9,11H2,1H3,(H,17,21)(H,18,22). The van der Waals surface area contributed by atoms with Crippen molar-refractivity contribution < 1.29 is 14.7 Å². The van der Waals surface area contributed by atoms with Gasteiger partial charge in [0.25, 0.3) is 5.91 Å². The van der Waals surface area contributed by atoms with E-state index in [0.29, 0.717) is 30.4 Å². The van der Waals surface area contributed by atoms with E-state index in [1.807, 2.05) is 11.8 Å². The summed E-state index contributed by atoms with van der Waals surface area (Å²) in [6, 6.07) is 7.23. The van der Waals surface area contributed by atoms with Crippen LogP contribution in [0, 0.1) is 0 Å². The highest BCUT2D eigenvalue weighted by Gasteiger charge is 2.23. The fourth-order valence-corrected chi connectivity index (χ4v) is 2.13. The molecule has 2 amide bonds. The Bertz CT molecular complexity index is 529. The summed E-state index contributed by atoms with van der Waals surface area (Å²) in [7, 11) is 0. The molecule has 0 aliphatic heterocycles. The Morgan fingerprint density at radius 2 is 2.14 bits per heavy atom. The van der Waals surface area contributed by atoms with Crippen LogP contribution < -0.4 is 10.6 Å². The minimum absolute atomic E-state index is 0.0257. The van der Waals surface area contributed by atoms with Gasteiger partial charge in [0.05, 0.1) is 13.2 Å². The fourth-order valence-electron chi connectivity index (χ4n) is 2.13. The van der Waals surface area contributed by atoms with E-state index in [1.165, 1.54) is 0 Å². The van der Waals surface area contributed by atoms with Crippen LogP contribution in [-0.4, -0.2) is 54.1 Å². The Hall–Kier alpha value is -1.92. The Labute approximate surface area is 130 Å². The molecule has 6 nitrogen and oxygen atoms in total. The molecule has 0 atom stereocenters. The number of benzene rings is 1. The molecule has 0 aromatic heterocycles. The zero-order valence-corrected chi connectivity index (χ0v) is 12.8. The third kappa shape index (κ3) is 5.13. The summed E-state index contributed by atoms with van der Waals surface area (Å²) in [6.07, 6.45) is 2.08. The van der Waals surface area contributed by atoms with Gasteiger partial charge in [-0.3, -0.25) is 14.5 Å². The number of rotatable bonds is 8. The first-order chi connectivity index (χ1) is 10.6. The zero-order chi connectivity index (χ0) is 15.9. The van der Waals surface area contributed by atoms with Crippen molar-refractivity contribution >= 4 is 17.5 Å². The highest BCUT2D eigenvalue weighted by molar-refractivity contribution is 5.97. The summed E-state index contributed by atoms with van der Waals surface area (Å²) in [4.78, 5) is 25.8. The summed E-state index contributed by atoms with van der Waals surface area (Å²) < 4.78 is 0. The molecule has 0 radical (unpaired) electrons. The van der Waals surface area contributed by atoms with Gasteiger partial charge in [-0.05, 0) is 37.6 Å². The molecule has 0 unspecified atom stereocenters. The zero-order valence-electron chi connectivity index (χ0n) is 12.8. The number of hydrogen-bond donors (Lipinski definition) is 3. The lowest BCUT2D eigenvalue weighted by Crippen LogP contribution is -2.35. The van der Waals surface area contributed by atoms with Crippen molar-refractivity contribution in [1.82, 2.24) is 10.2 Å². The molecule has 0 heterocycles. The van der Waals surface area contributed by atoms with Crippen molar-refractivity contribution in [3.8, 4) is 0 Å². The molecule has 1 aliphatic rings. The van der Waals surface area contributed by atoms with Crippen LogP contribution in [-0.2, 0) is 4.79 Å². The van der Waals surface area contributed by atoms with E-state index < -0.39 is 0 Å². The van der Waals surface area contributed by atoms with Crippen LogP contribution >= 0.6 is 0 Å². The highest BCUT2D eigenvalue weighted by Crippen LogP contribution is 2.20. The third-order valence-corrected chi connectivity index (χ3v) is 3.55. The number of carbonyl (C=O) groups is 2. The number of anilines is 1. The highest BCUT2D eigenvalue weighted by atomic mass is 16.3. The monoisotopic (exact) mass is 305 g/mol. The second-order valence-electron chi connectivity index (χ2n) is 5.47. The van der Waals surface area contributed by atoms with E-state index in [4.69, 9.17) is 5.11 Å². The summed E-state index contributed by atoms with van der Waals surface area (Å²) >= 11 is 0. The number of carbonyl (C=O) groups excluding carboxylic acids is 2. The van der Waals surface area contributed by atoms with Gasteiger partial charge in [0, 0.05) is 23.8 Å². The van der Waals surface area contributed by atoms with Gasteiger partial charge >= 0.3 is 0 Å². The van der Waals surface area contributed by atoms with Crippen molar-refractivity contribution in [3.63, 3.8) is 0 Å². The van der Waals surface area contributed by atoms with Crippen molar-refractivity contribution in [2.45, 2.75) is 25.8 Å². The van der Waals surface area contributed by atoms with Crippen LogP contribution in [0.25, 0.3) is 0 Å². The number of likely N-dealkylation sites (N-methyl/N-ethyl adjacent to an activating group) is 1. The first-order valence-electron chi connectivity index (χ1n) is 7.66. The van der Waals surface area contributed by atoms with E-state index in [2.05, 4.69) is 10.6 Å². The predicted octanol–water partition coefficient (Wildman–Crippen LogP) is 0.831. The summed E-state index contributed by atoms with van der Waals surface area (Å²) in [6.45, 7) is 3.34. The molecule has 6 heteroatoms. The summed E-state index contributed by atoms with van der Waals surface area (Å²) in [5.74, 6) is -0.260. The van der Waals surface area contributed by atoms with Gasteiger partial charge in [0.1, 0.15) is 0 Å². The van der Waals surface area contributed by atoms with Crippen LogP contribution in [0.2, 0.25) is 0 Å². The number of aliphatic hydroxyl groups is 1. The van der Waals surface area contributed by atoms with E-state index in [0.717, 1.165) is 12.8 Å². The van der Waals surface area contributed by atoms with Crippen molar-refractivity contribution in [3.05, 3.63) is 29.8 Å². The minimum atomic E-state index is -0.157. The quantitative estimate of drug-likeness (QED) is 0.664. The maximum atomic E-state index is 12.0. The Kier molecular flexibility index (Phi) is 5.91. The molecule has 1 fully saturated rings. The lowest BCUT2D eigenvalue weighted by atomic mass is 10.2. The molecule has 1 aromatic rings. The minimum Gasteiger partial charge on any atom is -0.395 e. The number of amides is 2. The normalized spacial score (nSPS) is 14.0. The number of nitrogens with one attached hydrogen (secondary N) is 2.